The highest BCUT2D eigenvalue weighted by atomic mass is 79.9. The molecule has 0 bridgehead atoms. The van der Waals surface area contributed by atoms with Gasteiger partial charge in [-0.1, -0.05) is 30.3 Å². The molecular formula is C16H16BrFN2OS. The van der Waals surface area contributed by atoms with Crippen LogP contribution < -0.4 is 10.6 Å². The first-order valence-electron chi connectivity index (χ1n) is 6.63. The molecule has 0 saturated heterocycles. The predicted octanol–water partition coefficient (Wildman–Crippen LogP) is 3.54. The molecule has 1 amide bonds. The van der Waals surface area contributed by atoms with Crippen molar-refractivity contribution in [2.24, 2.45) is 5.73 Å². The van der Waals surface area contributed by atoms with Crippen molar-refractivity contribution in [3.8, 4) is 0 Å². The van der Waals surface area contributed by atoms with Gasteiger partial charge in [0.25, 0.3) is 0 Å². The first-order chi connectivity index (χ1) is 10.1. The van der Waals surface area contributed by atoms with E-state index in [1.54, 1.807) is 30.1 Å². The van der Waals surface area contributed by atoms with Crippen molar-refractivity contribution in [1.29, 1.82) is 0 Å². The molecule has 2 aromatic carbocycles. The molecule has 0 aliphatic carbocycles. The van der Waals surface area contributed by atoms with Crippen LogP contribution in [0.5, 0.6) is 0 Å². The molecule has 22 heavy (non-hydrogen) atoms. The zero-order valence-electron chi connectivity index (χ0n) is 11.9. The van der Waals surface area contributed by atoms with E-state index in [4.69, 9.17) is 5.73 Å². The molecule has 0 spiro atoms. The van der Waals surface area contributed by atoms with Crippen molar-refractivity contribution in [3.05, 3.63) is 59.9 Å². The van der Waals surface area contributed by atoms with Crippen LogP contribution in [-0.4, -0.2) is 19.0 Å². The minimum Gasteiger partial charge on any atom is -0.319 e. The monoisotopic (exact) mass is 382 g/mol. The number of rotatable bonds is 1. The summed E-state index contributed by atoms with van der Waals surface area (Å²) < 4.78 is 14.1. The number of hydrogen-bond acceptors (Lipinski definition) is 3. The average Bonchev–Trinajstić information content (AvgIpc) is 2.59. The Hall–Kier alpha value is -1.37. The summed E-state index contributed by atoms with van der Waals surface area (Å²) in [5.41, 5.74) is 7.39. The van der Waals surface area contributed by atoms with Gasteiger partial charge >= 0.3 is 0 Å². The van der Waals surface area contributed by atoms with Crippen LogP contribution in [0.4, 0.5) is 10.1 Å². The smallest absolute Gasteiger partial charge is 0.245 e. The van der Waals surface area contributed by atoms with Gasteiger partial charge in [-0.2, -0.15) is 0 Å². The lowest BCUT2D eigenvalue weighted by Gasteiger charge is -2.22. The third-order valence-electron chi connectivity index (χ3n) is 3.63. The van der Waals surface area contributed by atoms with E-state index < -0.39 is 11.3 Å². The molecule has 0 radical (unpaired) electrons. The van der Waals surface area contributed by atoms with Crippen molar-refractivity contribution >= 4 is 40.3 Å². The molecule has 1 aliphatic rings. The summed E-state index contributed by atoms with van der Waals surface area (Å²) in [4.78, 5) is 14.9. The Labute approximate surface area is 143 Å². The van der Waals surface area contributed by atoms with E-state index in [0.29, 0.717) is 5.56 Å². The van der Waals surface area contributed by atoms with Gasteiger partial charge in [0.15, 0.2) is 0 Å². The van der Waals surface area contributed by atoms with E-state index in [0.717, 1.165) is 10.6 Å². The highest BCUT2D eigenvalue weighted by molar-refractivity contribution is 8.93. The third kappa shape index (κ3) is 2.91. The van der Waals surface area contributed by atoms with E-state index in [1.807, 2.05) is 24.3 Å². The number of fused-ring (bicyclic) bond motifs is 1. The van der Waals surface area contributed by atoms with Gasteiger partial charge in [-0.05, 0) is 18.2 Å². The Bertz CT molecular complexity index is 697. The topological polar surface area (TPSA) is 46.3 Å². The zero-order chi connectivity index (χ0) is 15.0. The number of para-hydroxylation sites is 1. The fraction of sp³-hybridized carbons (Fsp3) is 0.188. The molecule has 2 atom stereocenters. The highest BCUT2D eigenvalue weighted by Crippen LogP contribution is 2.45. The first kappa shape index (κ1) is 17.0. The molecule has 0 saturated carbocycles. The predicted molar refractivity (Wildman–Crippen MR) is 93.1 cm³/mol. The number of thioether (sulfide) groups is 1. The number of nitrogens with two attached hydrogens (primary N) is 1. The van der Waals surface area contributed by atoms with E-state index in [2.05, 4.69) is 0 Å². The summed E-state index contributed by atoms with van der Waals surface area (Å²) in [5.74, 6) is -0.541. The molecule has 1 heterocycles. The number of carbonyl (C=O) groups is 1. The third-order valence-corrected chi connectivity index (χ3v) is 5.03. The van der Waals surface area contributed by atoms with Crippen LogP contribution in [-0.2, 0) is 4.79 Å². The SMILES string of the molecule is Br.CN1C(=O)[C@@H](N)[C@@H](c2ccccc2F)Sc2ccccc21. The van der Waals surface area contributed by atoms with Crippen LogP contribution in [0.3, 0.4) is 0 Å². The number of likely N-dealkylation sites (N-methyl/N-ethyl adjacent to an activating group) is 1. The second-order valence-corrected chi connectivity index (χ2v) is 6.13. The average molecular weight is 383 g/mol. The lowest BCUT2D eigenvalue weighted by atomic mass is 10.0. The van der Waals surface area contributed by atoms with Gasteiger partial charge < -0.3 is 10.6 Å². The summed E-state index contributed by atoms with van der Waals surface area (Å²) >= 11 is 1.43. The normalized spacial score (nSPS) is 20.9. The van der Waals surface area contributed by atoms with Crippen LogP contribution in [0.15, 0.2) is 53.4 Å². The van der Waals surface area contributed by atoms with Gasteiger partial charge in [-0.3, -0.25) is 4.79 Å². The highest BCUT2D eigenvalue weighted by Gasteiger charge is 2.35. The largest absolute Gasteiger partial charge is 0.319 e. The summed E-state index contributed by atoms with van der Waals surface area (Å²) in [6.07, 6.45) is 0. The number of carbonyl (C=O) groups excluding carboxylic acids is 1. The van der Waals surface area contributed by atoms with Gasteiger partial charge in [0, 0.05) is 17.5 Å². The summed E-state index contributed by atoms with van der Waals surface area (Å²) in [5, 5.41) is -0.440. The lowest BCUT2D eigenvalue weighted by molar-refractivity contribution is -0.119. The Morgan fingerprint density at radius 2 is 1.77 bits per heavy atom. The van der Waals surface area contributed by atoms with Gasteiger partial charge in [0.05, 0.1) is 10.9 Å². The van der Waals surface area contributed by atoms with Crippen LogP contribution >= 0.6 is 28.7 Å². The van der Waals surface area contributed by atoms with Gasteiger partial charge in [-0.15, -0.1) is 28.7 Å². The maximum absolute atomic E-state index is 14.1. The molecule has 1 aliphatic heterocycles. The van der Waals surface area contributed by atoms with E-state index in [9.17, 15) is 9.18 Å². The van der Waals surface area contributed by atoms with Gasteiger partial charge in [-0.25, -0.2) is 4.39 Å². The molecule has 0 aromatic heterocycles. The Kier molecular flexibility index (Phi) is 5.26. The lowest BCUT2D eigenvalue weighted by Crippen LogP contribution is -2.43. The Morgan fingerprint density at radius 3 is 2.50 bits per heavy atom. The van der Waals surface area contributed by atoms with Crippen molar-refractivity contribution < 1.29 is 9.18 Å². The van der Waals surface area contributed by atoms with Crippen molar-refractivity contribution in [1.82, 2.24) is 0 Å². The number of amides is 1. The van der Waals surface area contributed by atoms with Crippen LogP contribution in [0.2, 0.25) is 0 Å². The van der Waals surface area contributed by atoms with E-state index >= 15 is 0 Å². The Balaban J connectivity index is 0.00000176. The van der Waals surface area contributed by atoms with E-state index in [1.165, 1.54) is 17.8 Å². The zero-order valence-corrected chi connectivity index (χ0v) is 14.4. The standard InChI is InChI=1S/C16H15FN2OS.BrH/c1-19-12-8-4-5-9-13(12)21-15(14(18)16(19)20)10-6-2-3-7-11(10)17;/h2-9,14-15H,18H2,1H3;1H/t14-,15+;/m0./s1. The molecular weight excluding hydrogens is 367 g/mol. The minimum atomic E-state index is -0.788. The maximum atomic E-state index is 14.1. The summed E-state index contributed by atoms with van der Waals surface area (Å²) in [6, 6.07) is 13.3. The molecule has 6 heteroatoms. The quantitative estimate of drug-likeness (QED) is 0.820. The molecule has 3 rings (SSSR count). The molecule has 116 valence electrons. The number of hydrogen-bond donors (Lipinski definition) is 1. The van der Waals surface area contributed by atoms with E-state index in [-0.39, 0.29) is 28.7 Å². The molecule has 0 fully saturated rings. The Morgan fingerprint density at radius 1 is 1.14 bits per heavy atom. The number of halogens is 2. The van der Waals surface area contributed by atoms with Crippen LogP contribution in [0.25, 0.3) is 0 Å². The second-order valence-electron chi connectivity index (χ2n) is 4.95. The van der Waals surface area contributed by atoms with Crippen LogP contribution in [0.1, 0.15) is 10.8 Å². The fourth-order valence-electron chi connectivity index (χ4n) is 2.48. The molecule has 0 unspecified atom stereocenters. The second kappa shape index (κ2) is 6.81. The maximum Gasteiger partial charge on any atom is 0.245 e. The number of anilines is 1. The van der Waals surface area contributed by atoms with Crippen molar-refractivity contribution in [3.63, 3.8) is 0 Å². The molecule has 2 aromatic rings. The van der Waals surface area contributed by atoms with Gasteiger partial charge in [0.2, 0.25) is 5.91 Å². The number of benzene rings is 2. The minimum absolute atomic E-state index is 0. The molecule has 3 nitrogen and oxygen atoms in total. The first-order valence-corrected chi connectivity index (χ1v) is 7.51. The van der Waals surface area contributed by atoms with Crippen molar-refractivity contribution in [2.75, 3.05) is 11.9 Å². The summed E-state index contributed by atoms with van der Waals surface area (Å²) in [7, 11) is 1.70. The summed E-state index contributed by atoms with van der Waals surface area (Å²) in [6.45, 7) is 0. The van der Waals surface area contributed by atoms with Crippen molar-refractivity contribution in [2.45, 2.75) is 16.2 Å². The van der Waals surface area contributed by atoms with Crippen LogP contribution in [0, 0.1) is 5.82 Å². The molecule has 2 N–H and O–H groups in total. The van der Waals surface area contributed by atoms with Gasteiger partial charge in [0.1, 0.15) is 11.9 Å². The number of nitrogens with zero attached hydrogens (tertiary/aromatic N) is 1. The fourth-order valence-corrected chi connectivity index (χ4v) is 3.82.